The van der Waals surface area contributed by atoms with Crippen molar-refractivity contribution >= 4 is 11.1 Å². The standard InChI is InChI=1S/C19H11F2NO/c20-15-6-1-12(2-7-15)14-5-10-18-17(11-14)22-19(23-18)13-3-8-16(21)9-4-13/h1-11H. The van der Waals surface area contributed by atoms with Crippen LogP contribution >= 0.6 is 0 Å². The summed E-state index contributed by atoms with van der Waals surface area (Å²) in [6.45, 7) is 0. The molecule has 2 nitrogen and oxygen atoms in total. The monoisotopic (exact) mass is 307 g/mol. The topological polar surface area (TPSA) is 26.0 Å². The lowest BCUT2D eigenvalue weighted by Crippen LogP contribution is -1.80. The quantitative estimate of drug-likeness (QED) is 0.493. The lowest BCUT2D eigenvalue weighted by Gasteiger charge is -2.00. The molecule has 0 aliphatic heterocycles. The van der Waals surface area contributed by atoms with Crippen LogP contribution in [0.1, 0.15) is 0 Å². The molecular weight excluding hydrogens is 296 g/mol. The van der Waals surface area contributed by atoms with E-state index in [2.05, 4.69) is 4.98 Å². The number of aromatic nitrogens is 1. The van der Waals surface area contributed by atoms with Crippen LogP contribution in [0.5, 0.6) is 0 Å². The molecular formula is C19H11F2NO. The van der Waals surface area contributed by atoms with Gasteiger partial charge in [0, 0.05) is 5.56 Å². The molecule has 0 unspecified atom stereocenters. The second-order valence-electron chi connectivity index (χ2n) is 5.22. The molecule has 4 aromatic rings. The van der Waals surface area contributed by atoms with E-state index in [-0.39, 0.29) is 11.6 Å². The molecule has 23 heavy (non-hydrogen) atoms. The van der Waals surface area contributed by atoms with Crippen LogP contribution in [0.3, 0.4) is 0 Å². The first-order valence-electron chi connectivity index (χ1n) is 7.11. The van der Waals surface area contributed by atoms with E-state index in [4.69, 9.17) is 4.42 Å². The fourth-order valence-electron chi connectivity index (χ4n) is 2.47. The lowest BCUT2D eigenvalue weighted by atomic mass is 10.1. The average molecular weight is 307 g/mol. The van der Waals surface area contributed by atoms with E-state index in [0.29, 0.717) is 22.6 Å². The number of rotatable bonds is 2. The Kier molecular flexibility index (Phi) is 3.15. The Balaban J connectivity index is 1.77. The van der Waals surface area contributed by atoms with Crippen molar-refractivity contribution in [3.63, 3.8) is 0 Å². The van der Waals surface area contributed by atoms with Crippen LogP contribution in [0.25, 0.3) is 33.7 Å². The van der Waals surface area contributed by atoms with E-state index in [0.717, 1.165) is 11.1 Å². The normalized spacial score (nSPS) is 11.0. The first-order valence-corrected chi connectivity index (χ1v) is 7.11. The molecule has 4 rings (SSSR count). The van der Waals surface area contributed by atoms with Crippen LogP contribution < -0.4 is 0 Å². The fraction of sp³-hybridized carbons (Fsp3) is 0. The lowest BCUT2D eigenvalue weighted by molar-refractivity contribution is 0.616. The van der Waals surface area contributed by atoms with Crippen LogP contribution in [0.4, 0.5) is 8.78 Å². The van der Waals surface area contributed by atoms with E-state index < -0.39 is 0 Å². The SMILES string of the molecule is Fc1ccc(-c2ccc3oc(-c4ccc(F)cc4)nc3c2)cc1. The number of benzene rings is 3. The maximum atomic E-state index is 13.0. The van der Waals surface area contributed by atoms with Crippen molar-refractivity contribution in [1.29, 1.82) is 0 Å². The van der Waals surface area contributed by atoms with Crippen LogP contribution in [0.15, 0.2) is 71.1 Å². The van der Waals surface area contributed by atoms with Gasteiger partial charge >= 0.3 is 0 Å². The average Bonchev–Trinajstić information content (AvgIpc) is 2.99. The molecule has 0 fully saturated rings. The third-order valence-electron chi connectivity index (χ3n) is 3.66. The summed E-state index contributed by atoms with van der Waals surface area (Å²) in [4.78, 5) is 4.45. The highest BCUT2D eigenvalue weighted by molar-refractivity contribution is 5.82. The molecule has 0 saturated carbocycles. The largest absolute Gasteiger partial charge is 0.436 e. The molecule has 0 radical (unpaired) electrons. The minimum atomic E-state index is -0.302. The third kappa shape index (κ3) is 2.59. The van der Waals surface area contributed by atoms with Crippen molar-refractivity contribution in [3.05, 3.63) is 78.4 Å². The van der Waals surface area contributed by atoms with Gasteiger partial charge in [0.1, 0.15) is 17.2 Å². The zero-order chi connectivity index (χ0) is 15.8. The van der Waals surface area contributed by atoms with Crippen molar-refractivity contribution in [2.45, 2.75) is 0 Å². The molecule has 112 valence electrons. The molecule has 1 aromatic heterocycles. The van der Waals surface area contributed by atoms with Crippen molar-refractivity contribution in [3.8, 4) is 22.6 Å². The number of oxazole rings is 1. The maximum Gasteiger partial charge on any atom is 0.227 e. The summed E-state index contributed by atoms with van der Waals surface area (Å²) < 4.78 is 31.7. The fourth-order valence-corrected chi connectivity index (χ4v) is 2.47. The number of fused-ring (bicyclic) bond motifs is 1. The number of nitrogens with zero attached hydrogens (tertiary/aromatic N) is 1. The Hall–Kier alpha value is -3.01. The first-order chi connectivity index (χ1) is 11.2. The van der Waals surface area contributed by atoms with Crippen molar-refractivity contribution < 1.29 is 13.2 Å². The van der Waals surface area contributed by atoms with Gasteiger partial charge in [-0.25, -0.2) is 13.8 Å². The summed E-state index contributed by atoms with van der Waals surface area (Å²) in [5.41, 5.74) is 3.89. The summed E-state index contributed by atoms with van der Waals surface area (Å²) in [5, 5.41) is 0. The predicted molar refractivity (Wildman–Crippen MR) is 84.8 cm³/mol. The number of halogens is 2. The second kappa shape index (κ2) is 5.32. The minimum Gasteiger partial charge on any atom is -0.436 e. The van der Waals surface area contributed by atoms with Gasteiger partial charge in [-0.15, -0.1) is 0 Å². The summed E-state index contributed by atoms with van der Waals surface area (Å²) in [6.07, 6.45) is 0. The molecule has 1 heterocycles. The van der Waals surface area contributed by atoms with Gasteiger partial charge in [0.2, 0.25) is 5.89 Å². The molecule has 0 amide bonds. The number of hydrogen-bond donors (Lipinski definition) is 0. The molecule has 0 aliphatic carbocycles. The van der Waals surface area contributed by atoms with Crippen LogP contribution in [-0.2, 0) is 0 Å². The Labute approximate surface area is 131 Å². The molecule has 0 spiro atoms. The van der Waals surface area contributed by atoms with Gasteiger partial charge in [-0.05, 0) is 59.7 Å². The van der Waals surface area contributed by atoms with Crippen molar-refractivity contribution in [1.82, 2.24) is 4.98 Å². The van der Waals surface area contributed by atoms with Gasteiger partial charge in [0.05, 0.1) is 0 Å². The Morgan fingerprint density at radius 1 is 0.652 bits per heavy atom. The van der Waals surface area contributed by atoms with Crippen molar-refractivity contribution in [2.24, 2.45) is 0 Å². The van der Waals surface area contributed by atoms with Crippen LogP contribution in [0.2, 0.25) is 0 Å². The Morgan fingerprint density at radius 3 is 1.87 bits per heavy atom. The summed E-state index contributed by atoms with van der Waals surface area (Å²) in [5.74, 6) is -0.130. The van der Waals surface area contributed by atoms with Gasteiger partial charge in [-0.3, -0.25) is 0 Å². The molecule has 0 bridgehead atoms. The molecule has 0 aliphatic rings. The van der Waals surface area contributed by atoms with Crippen LogP contribution in [0, 0.1) is 11.6 Å². The van der Waals surface area contributed by atoms with E-state index in [1.54, 1.807) is 24.3 Å². The van der Waals surface area contributed by atoms with Gasteiger partial charge in [0.25, 0.3) is 0 Å². The minimum absolute atomic E-state index is 0.269. The first kappa shape index (κ1) is 13.6. The smallest absolute Gasteiger partial charge is 0.227 e. The highest BCUT2D eigenvalue weighted by Gasteiger charge is 2.09. The third-order valence-corrected chi connectivity index (χ3v) is 3.66. The highest BCUT2D eigenvalue weighted by Crippen LogP contribution is 2.28. The van der Waals surface area contributed by atoms with E-state index >= 15 is 0 Å². The number of hydrogen-bond acceptors (Lipinski definition) is 2. The molecule has 3 aromatic carbocycles. The van der Waals surface area contributed by atoms with Gasteiger partial charge in [-0.1, -0.05) is 18.2 Å². The van der Waals surface area contributed by atoms with E-state index in [1.165, 1.54) is 24.3 Å². The van der Waals surface area contributed by atoms with Gasteiger partial charge < -0.3 is 4.42 Å². The van der Waals surface area contributed by atoms with E-state index in [1.807, 2.05) is 18.2 Å². The Morgan fingerprint density at radius 2 is 1.22 bits per heavy atom. The maximum absolute atomic E-state index is 13.0. The zero-order valence-electron chi connectivity index (χ0n) is 12.0. The Bertz CT molecular complexity index is 929. The van der Waals surface area contributed by atoms with Crippen molar-refractivity contribution in [2.75, 3.05) is 0 Å². The van der Waals surface area contributed by atoms with Gasteiger partial charge in [0.15, 0.2) is 5.58 Å². The summed E-state index contributed by atoms with van der Waals surface area (Å²) in [6, 6.07) is 17.9. The molecule has 0 atom stereocenters. The predicted octanol–water partition coefficient (Wildman–Crippen LogP) is 5.44. The molecule has 4 heteroatoms. The van der Waals surface area contributed by atoms with Crippen LogP contribution in [-0.4, -0.2) is 4.98 Å². The van der Waals surface area contributed by atoms with Gasteiger partial charge in [-0.2, -0.15) is 0 Å². The highest BCUT2D eigenvalue weighted by atomic mass is 19.1. The zero-order valence-corrected chi connectivity index (χ0v) is 12.0. The second-order valence-corrected chi connectivity index (χ2v) is 5.22. The summed E-state index contributed by atoms with van der Waals surface area (Å²) in [7, 11) is 0. The molecule has 0 saturated heterocycles. The summed E-state index contributed by atoms with van der Waals surface area (Å²) >= 11 is 0. The molecule has 0 N–H and O–H groups in total. The van der Waals surface area contributed by atoms with E-state index in [9.17, 15) is 8.78 Å².